The Labute approximate surface area is 102 Å². The zero-order valence-electron chi connectivity index (χ0n) is 10.7. The third-order valence-corrected chi connectivity index (χ3v) is 3.39. The van der Waals surface area contributed by atoms with Gasteiger partial charge in [0.05, 0.1) is 7.11 Å². The molecule has 0 saturated carbocycles. The largest absolute Gasteiger partial charge is 0.469 e. The molecule has 4 heteroatoms. The number of hydrogen-bond donors (Lipinski definition) is 1. The molecule has 0 aromatic carbocycles. The Balaban J connectivity index is 2.57. The topological polar surface area (TPSA) is 63.6 Å². The number of carbonyl (C=O) groups is 2. The fourth-order valence-corrected chi connectivity index (χ4v) is 1.92. The van der Waals surface area contributed by atoms with E-state index in [0.717, 1.165) is 5.57 Å². The lowest BCUT2D eigenvalue weighted by Crippen LogP contribution is -2.37. The van der Waals surface area contributed by atoms with E-state index in [1.54, 1.807) is 6.92 Å². The van der Waals surface area contributed by atoms with E-state index in [4.69, 9.17) is 0 Å². The van der Waals surface area contributed by atoms with E-state index in [-0.39, 0.29) is 17.7 Å². The first-order valence-electron chi connectivity index (χ1n) is 5.91. The minimum atomic E-state index is -1.22. The Morgan fingerprint density at radius 1 is 1.65 bits per heavy atom. The molecule has 2 atom stereocenters. The third kappa shape index (κ3) is 3.66. The Morgan fingerprint density at radius 2 is 2.29 bits per heavy atom. The van der Waals surface area contributed by atoms with E-state index in [0.29, 0.717) is 25.7 Å². The van der Waals surface area contributed by atoms with Crippen LogP contribution >= 0.6 is 0 Å². The number of hydrogen-bond acceptors (Lipinski definition) is 4. The maximum Gasteiger partial charge on any atom is 0.305 e. The van der Waals surface area contributed by atoms with Crippen molar-refractivity contribution in [3.05, 3.63) is 11.6 Å². The highest BCUT2D eigenvalue weighted by molar-refractivity contribution is 5.98. The van der Waals surface area contributed by atoms with Gasteiger partial charge in [0, 0.05) is 6.42 Å². The third-order valence-electron chi connectivity index (χ3n) is 3.39. The minimum absolute atomic E-state index is 0.175. The molecule has 0 saturated heterocycles. The number of ketones is 1. The Bertz CT molecular complexity index is 341. The summed E-state index contributed by atoms with van der Waals surface area (Å²) in [5, 5.41) is 9.73. The first kappa shape index (κ1) is 13.9. The standard InChI is InChI=1S/C13H20O4/c1-9(4-5-12(15)17-3)10-6-7-13(2,16)11(14)8-10/h8-9,16H,4-7H2,1-3H3/t9-,13-/m0/s1. The van der Waals surface area contributed by atoms with Gasteiger partial charge in [-0.25, -0.2) is 0 Å². The van der Waals surface area contributed by atoms with Gasteiger partial charge in [-0.2, -0.15) is 0 Å². The van der Waals surface area contributed by atoms with E-state index >= 15 is 0 Å². The highest BCUT2D eigenvalue weighted by atomic mass is 16.5. The van der Waals surface area contributed by atoms with E-state index in [9.17, 15) is 14.7 Å². The summed E-state index contributed by atoms with van der Waals surface area (Å²) in [4.78, 5) is 22.6. The number of ether oxygens (including phenoxy) is 1. The van der Waals surface area contributed by atoms with Gasteiger partial charge in [0.25, 0.3) is 0 Å². The van der Waals surface area contributed by atoms with E-state index in [2.05, 4.69) is 4.74 Å². The van der Waals surface area contributed by atoms with Crippen LogP contribution < -0.4 is 0 Å². The second-order valence-corrected chi connectivity index (χ2v) is 4.87. The van der Waals surface area contributed by atoms with Crippen LogP contribution in [0.5, 0.6) is 0 Å². The van der Waals surface area contributed by atoms with Gasteiger partial charge in [-0.3, -0.25) is 9.59 Å². The molecule has 1 rings (SSSR count). The normalized spacial score (nSPS) is 26.4. The van der Waals surface area contributed by atoms with Gasteiger partial charge >= 0.3 is 5.97 Å². The van der Waals surface area contributed by atoms with Gasteiger partial charge < -0.3 is 9.84 Å². The molecule has 0 spiro atoms. The van der Waals surface area contributed by atoms with Gasteiger partial charge in [-0.05, 0) is 38.2 Å². The molecule has 4 nitrogen and oxygen atoms in total. The molecule has 0 unspecified atom stereocenters. The van der Waals surface area contributed by atoms with Gasteiger partial charge in [0.15, 0.2) is 5.78 Å². The number of carbonyl (C=O) groups excluding carboxylic acids is 2. The molecule has 0 bridgehead atoms. The van der Waals surface area contributed by atoms with Crippen molar-refractivity contribution in [1.29, 1.82) is 0 Å². The molecule has 1 aliphatic rings. The van der Waals surface area contributed by atoms with E-state index < -0.39 is 5.60 Å². The maximum absolute atomic E-state index is 11.6. The second kappa shape index (κ2) is 5.45. The lowest BCUT2D eigenvalue weighted by atomic mass is 9.80. The summed E-state index contributed by atoms with van der Waals surface area (Å²) in [6, 6.07) is 0. The van der Waals surface area contributed by atoms with Crippen molar-refractivity contribution < 1.29 is 19.4 Å². The molecule has 0 heterocycles. The van der Waals surface area contributed by atoms with E-state index in [1.165, 1.54) is 13.2 Å². The summed E-state index contributed by atoms with van der Waals surface area (Å²) >= 11 is 0. The predicted molar refractivity (Wildman–Crippen MR) is 63.4 cm³/mol. The number of aliphatic hydroxyl groups is 1. The molecular formula is C13H20O4. The van der Waals surface area contributed by atoms with Crippen molar-refractivity contribution in [2.24, 2.45) is 5.92 Å². The van der Waals surface area contributed by atoms with Crippen LogP contribution in [0.2, 0.25) is 0 Å². The van der Waals surface area contributed by atoms with Crippen molar-refractivity contribution in [2.75, 3.05) is 7.11 Å². The number of rotatable bonds is 4. The summed E-state index contributed by atoms with van der Waals surface area (Å²) in [6.45, 7) is 3.53. The summed E-state index contributed by atoms with van der Waals surface area (Å²) in [7, 11) is 1.37. The summed E-state index contributed by atoms with van der Waals surface area (Å²) in [6.07, 6.45) is 3.74. The highest BCUT2D eigenvalue weighted by Gasteiger charge is 2.33. The van der Waals surface area contributed by atoms with Crippen LogP contribution in [0, 0.1) is 5.92 Å². The van der Waals surface area contributed by atoms with Crippen molar-refractivity contribution in [1.82, 2.24) is 0 Å². The van der Waals surface area contributed by atoms with Crippen LogP contribution in [0.15, 0.2) is 11.6 Å². The molecule has 0 radical (unpaired) electrons. The first-order chi connectivity index (χ1) is 7.86. The Morgan fingerprint density at radius 3 is 2.82 bits per heavy atom. The fraction of sp³-hybridized carbons (Fsp3) is 0.692. The van der Waals surface area contributed by atoms with Gasteiger partial charge in [-0.15, -0.1) is 0 Å². The van der Waals surface area contributed by atoms with Crippen LogP contribution in [-0.4, -0.2) is 29.6 Å². The monoisotopic (exact) mass is 240 g/mol. The zero-order valence-corrected chi connectivity index (χ0v) is 10.7. The van der Waals surface area contributed by atoms with Gasteiger partial charge in [-0.1, -0.05) is 12.5 Å². The van der Waals surface area contributed by atoms with Crippen molar-refractivity contribution in [3.63, 3.8) is 0 Å². The van der Waals surface area contributed by atoms with E-state index in [1.807, 2.05) is 6.92 Å². The summed E-state index contributed by atoms with van der Waals surface area (Å²) in [5.41, 5.74) is -0.198. The van der Waals surface area contributed by atoms with Crippen molar-refractivity contribution in [3.8, 4) is 0 Å². The predicted octanol–water partition coefficient (Wildman–Crippen LogP) is 1.62. The second-order valence-electron chi connectivity index (χ2n) is 4.87. The molecule has 0 aliphatic heterocycles. The summed E-state index contributed by atoms with van der Waals surface area (Å²) in [5.74, 6) is -0.288. The van der Waals surface area contributed by atoms with Gasteiger partial charge in [0.2, 0.25) is 0 Å². The molecule has 0 fully saturated rings. The molecule has 17 heavy (non-hydrogen) atoms. The van der Waals surface area contributed by atoms with Crippen molar-refractivity contribution >= 4 is 11.8 Å². The molecular weight excluding hydrogens is 220 g/mol. The average Bonchev–Trinajstić information content (AvgIpc) is 2.29. The number of methoxy groups -OCH3 is 1. The lowest BCUT2D eigenvalue weighted by Gasteiger charge is -2.28. The molecule has 96 valence electrons. The van der Waals surface area contributed by atoms with Gasteiger partial charge in [0.1, 0.15) is 5.60 Å². The smallest absolute Gasteiger partial charge is 0.305 e. The molecule has 0 aromatic rings. The quantitative estimate of drug-likeness (QED) is 0.758. The molecule has 0 aromatic heterocycles. The number of allylic oxidation sites excluding steroid dienone is 1. The molecule has 1 aliphatic carbocycles. The SMILES string of the molecule is COC(=O)CC[C@H](C)C1=CC(=O)[C@@](C)(O)CC1. The lowest BCUT2D eigenvalue weighted by molar-refractivity contribution is -0.140. The Hall–Kier alpha value is -1.16. The number of esters is 1. The van der Waals surface area contributed by atoms with Crippen LogP contribution in [0.1, 0.15) is 39.5 Å². The molecule has 1 N–H and O–H groups in total. The maximum atomic E-state index is 11.6. The fourth-order valence-electron chi connectivity index (χ4n) is 1.92. The van der Waals surface area contributed by atoms with Crippen LogP contribution in [0.3, 0.4) is 0 Å². The van der Waals surface area contributed by atoms with Crippen LogP contribution in [0.4, 0.5) is 0 Å². The van der Waals surface area contributed by atoms with Crippen molar-refractivity contribution in [2.45, 2.75) is 45.1 Å². The van der Waals surface area contributed by atoms with Crippen LogP contribution in [-0.2, 0) is 14.3 Å². The first-order valence-corrected chi connectivity index (χ1v) is 5.91. The highest BCUT2D eigenvalue weighted by Crippen LogP contribution is 2.30. The zero-order chi connectivity index (χ0) is 13.1. The Kier molecular flexibility index (Phi) is 4.46. The average molecular weight is 240 g/mol. The van der Waals surface area contributed by atoms with Crippen LogP contribution in [0.25, 0.3) is 0 Å². The minimum Gasteiger partial charge on any atom is -0.469 e. The summed E-state index contributed by atoms with van der Waals surface area (Å²) < 4.78 is 4.58. The molecule has 0 amide bonds.